The van der Waals surface area contributed by atoms with E-state index in [0.717, 1.165) is 16.8 Å². The van der Waals surface area contributed by atoms with Gasteiger partial charge in [0.05, 0.1) is 12.6 Å². The molecule has 0 radical (unpaired) electrons. The first kappa shape index (κ1) is 19.4. The molecule has 0 saturated carbocycles. The van der Waals surface area contributed by atoms with E-state index in [4.69, 9.17) is 0 Å². The Morgan fingerprint density at radius 3 is 2.39 bits per heavy atom. The van der Waals surface area contributed by atoms with Gasteiger partial charge in [0, 0.05) is 24.1 Å². The molecule has 1 N–H and O–H groups in total. The highest BCUT2D eigenvalue weighted by atomic mass is 16.2. The smallest absolute Gasteiger partial charge is 0.246 e. The van der Waals surface area contributed by atoms with Crippen molar-refractivity contribution in [2.45, 2.75) is 26.8 Å². The van der Waals surface area contributed by atoms with E-state index in [1.165, 1.54) is 0 Å². The van der Waals surface area contributed by atoms with Gasteiger partial charge in [-0.1, -0.05) is 30.3 Å². The molecule has 144 valence electrons. The van der Waals surface area contributed by atoms with E-state index in [-0.39, 0.29) is 18.4 Å². The highest BCUT2D eigenvalue weighted by molar-refractivity contribution is 5.95. The van der Waals surface area contributed by atoms with Gasteiger partial charge in [-0.15, -0.1) is 0 Å². The standard InChI is InChI=1S/C22H24N4O2/c1-3-26(20-7-5-4-6-8-20)22(28)13-18-9-11-19(12-10-18)24-21(27)16-25-15-17(2)14-23-25/h4-12,14-15H,3,13,16H2,1-2H3,(H,24,27). The second kappa shape index (κ2) is 8.99. The summed E-state index contributed by atoms with van der Waals surface area (Å²) in [6.07, 6.45) is 3.85. The number of likely N-dealkylation sites (N-methyl/N-ethyl adjacent to an activating group) is 1. The Morgan fingerprint density at radius 1 is 1.07 bits per heavy atom. The Kier molecular flexibility index (Phi) is 6.22. The van der Waals surface area contributed by atoms with Crippen LogP contribution in [-0.4, -0.2) is 28.1 Å². The van der Waals surface area contributed by atoms with Crippen molar-refractivity contribution in [3.63, 3.8) is 0 Å². The van der Waals surface area contributed by atoms with Crippen LogP contribution in [0.2, 0.25) is 0 Å². The van der Waals surface area contributed by atoms with Gasteiger partial charge in [-0.25, -0.2) is 0 Å². The lowest BCUT2D eigenvalue weighted by Gasteiger charge is -2.21. The highest BCUT2D eigenvalue weighted by Gasteiger charge is 2.14. The molecule has 0 atom stereocenters. The second-order valence-corrected chi connectivity index (χ2v) is 6.61. The van der Waals surface area contributed by atoms with Crippen LogP contribution in [0.1, 0.15) is 18.1 Å². The largest absolute Gasteiger partial charge is 0.324 e. The summed E-state index contributed by atoms with van der Waals surface area (Å²) in [6, 6.07) is 17.0. The Bertz CT molecular complexity index is 933. The number of carbonyl (C=O) groups excluding carboxylic acids is 2. The van der Waals surface area contributed by atoms with Crippen LogP contribution in [0.5, 0.6) is 0 Å². The van der Waals surface area contributed by atoms with Crippen LogP contribution in [0.3, 0.4) is 0 Å². The second-order valence-electron chi connectivity index (χ2n) is 6.61. The number of hydrogen-bond acceptors (Lipinski definition) is 3. The van der Waals surface area contributed by atoms with Gasteiger partial charge in [0.15, 0.2) is 0 Å². The molecule has 1 aromatic heterocycles. The number of nitrogens with zero attached hydrogens (tertiary/aromatic N) is 3. The van der Waals surface area contributed by atoms with Crippen molar-refractivity contribution < 1.29 is 9.59 Å². The Balaban J connectivity index is 1.57. The van der Waals surface area contributed by atoms with Crippen molar-refractivity contribution in [2.75, 3.05) is 16.8 Å². The molecule has 3 rings (SSSR count). The van der Waals surface area contributed by atoms with Crippen molar-refractivity contribution in [1.29, 1.82) is 0 Å². The summed E-state index contributed by atoms with van der Waals surface area (Å²) in [5.41, 5.74) is 3.51. The molecule has 6 heteroatoms. The predicted molar refractivity (Wildman–Crippen MR) is 110 cm³/mol. The van der Waals surface area contributed by atoms with Crippen LogP contribution in [0.25, 0.3) is 0 Å². The third-order valence-electron chi connectivity index (χ3n) is 4.35. The molecule has 3 aromatic rings. The molecule has 6 nitrogen and oxygen atoms in total. The van der Waals surface area contributed by atoms with Crippen molar-refractivity contribution in [2.24, 2.45) is 0 Å². The van der Waals surface area contributed by atoms with Gasteiger partial charge in [-0.2, -0.15) is 5.10 Å². The Morgan fingerprint density at radius 2 is 1.79 bits per heavy atom. The number of hydrogen-bond donors (Lipinski definition) is 1. The zero-order valence-corrected chi connectivity index (χ0v) is 16.1. The molecule has 0 bridgehead atoms. The summed E-state index contributed by atoms with van der Waals surface area (Å²) in [5.74, 6) is -0.104. The van der Waals surface area contributed by atoms with Crippen molar-refractivity contribution in [3.05, 3.63) is 78.1 Å². The van der Waals surface area contributed by atoms with E-state index in [9.17, 15) is 9.59 Å². The number of benzene rings is 2. The lowest BCUT2D eigenvalue weighted by molar-refractivity contribution is -0.118. The maximum Gasteiger partial charge on any atom is 0.246 e. The van der Waals surface area contributed by atoms with Crippen LogP contribution in [-0.2, 0) is 22.6 Å². The normalized spacial score (nSPS) is 10.5. The van der Waals surface area contributed by atoms with Crippen LogP contribution >= 0.6 is 0 Å². The summed E-state index contributed by atoms with van der Waals surface area (Å²) >= 11 is 0. The molecule has 0 spiro atoms. The molecule has 0 aliphatic carbocycles. The monoisotopic (exact) mass is 376 g/mol. The minimum atomic E-state index is -0.145. The minimum absolute atomic E-state index is 0.0412. The molecule has 0 aliphatic rings. The van der Waals surface area contributed by atoms with Gasteiger partial charge < -0.3 is 10.2 Å². The number of aromatic nitrogens is 2. The van der Waals surface area contributed by atoms with Gasteiger partial charge in [0.2, 0.25) is 11.8 Å². The summed E-state index contributed by atoms with van der Waals surface area (Å²) in [7, 11) is 0. The SMILES string of the molecule is CCN(C(=O)Cc1ccc(NC(=O)Cn2cc(C)cn2)cc1)c1ccccc1. The summed E-state index contributed by atoms with van der Waals surface area (Å²) in [5, 5.41) is 6.95. The van der Waals surface area contributed by atoms with E-state index in [2.05, 4.69) is 10.4 Å². The average Bonchev–Trinajstić information content (AvgIpc) is 3.09. The quantitative estimate of drug-likeness (QED) is 0.687. The van der Waals surface area contributed by atoms with Gasteiger partial charge in [-0.3, -0.25) is 14.3 Å². The number of rotatable bonds is 7. The third-order valence-corrected chi connectivity index (χ3v) is 4.35. The predicted octanol–water partition coefficient (Wildman–Crippen LogP) is 3.43. The van der Waals surface area contributed by atoms with Crippen molar-refractivity contribution >= 4 is 23.2 Å². The number of anilines is 2. The van der Waals surface area contributed by atoms with E-state index in [1.54, 1.807) is 15.8 Å². The first-order valence-corrected chi connectivity index (χ1v) is 9.28. The van der Waals surface area contributed by atoms with Gasteiger partial charge in [-0.05, 0) is 49.2 Å². The third kappa shape index (κ3) is 5.07. The summed E-state index contributed by atoms with van der Waals surface area (Å²) < 4.78 is 1.60. The molecule has 0 aliphatic heterocycles. The number of nitrogens with one attached hydrogen (secondary N) is 1. The Labute approximate surface area is 164 Å². The van der Waals surface area contributed by atoms with E-state index >= 15 is 0 Å². The zero-order valence-electron chi connectivity index (χ0n) is 16.1. The molecule has 0 unspecified atom stereocenters. The fourth-order valence-electron chi connectivity index (χ4n) is 2.99. The molecular formula is C22H24N4O2. The maximum atomic E-state index is 12.7. The first-order valence-electron chi connectivity index (χ1n) is 9.28. The van der Waals surface area contributed by atoms with Crippen LogP contribution < -0.4 is 10.2 Å². The number of amides is 2. The van der Waals surface area contributed by atoms with E-state index in [1.807, 2.05) is 74.6 Å². The lowest BCUT2D eigenvalue weighted by atomic mass is 10.1. The maximum absolute atomic E-state index is 12.7. The molecule has 2 amide bonds. The van der Waals surface area contributed by atoms with Gasteiger partial charge >= 0.3 is 0 Å². The molecule has 1 heterocycles. The van der Waals surface area contributed by atoms with E-state index in [0.29, 0.717) is 18.7 Å². The molecule has 2 aromatic carbocycles. The van der Waals surface area contributed by atoms with Gasteiger partial charge in [0.1, 0.15) is 6.54 Å². The molecule has 0 fully saturated rings. The zero-order chi connectivity index (χ0) is 19.9. The first-order chi connectivity index (χ1) is 13.5. The van der Waals surface area contributed by atoms with E-state index < -0.39 is 0 Å². The Hall–Kier alpha value is -3.41. The average molecular weight is 376 g/mol. The summed E-state index contributed by atoms with van der Waals surface area (Å²) in [4.78, 5) is 26.5. The van der Waals surface area contributed by atoms with Crippen molar-refractivity contribution in [1.82, 2.24) is 9.78 Å². The van der Waals surface area contributed by atoms with Crippen LogP contribution in [0.15, 0.2) is 67.0 Å². The summed E-state index contributed by atoms with van der Waals surface area (Å²) in [6.45, 7) is 4.67. The minimum Gasteiger partial charge on any atom is -0.324 e. The van der Waals surface area contributed by atoms with Gasteiger partial charge in [0.25, 0.3) is 0 Å². The topological polar surface area (TPSA) is 67.2 Å². The number of aryl methyl sites for hydroxylation is 1. The number of carbonyl (C=O) groups is 2. The molecular weight excluding hydrogens is 352 g/mol. The molecule has 0 saturated heterocycles. The number of para-hydroxylation sites is 1. The lowest BCUT2D eigenvalue weighted by Crippen LogP contribution is -2.31. The highest BCUT2D eigenvalue weighted by Crippen LogP contribution is 2.16. The fraction of sp³-hybridized carbons (Fsp3) is 0.227. The van der Waals surface area contributed by atoms with Crippen LogP contribution in [0.4, 0.5) is 11.4 Å². The van der Waals surface area contributed by atoms with Crippen LogP contribution in [0, 0.1) is 6.92 Å². The van der Waals surface area contributed by atoms with Crippen molar-refractivity contribution in [3.8, 4) is 0 Å². The molecule has 28 heavy (non-hydrogen) atoms. The fourth-order valence-corrected chi connectivity index (χ4v) is 2.99.